The number of carbonyl (C=O) groups is 1. The van der Waals surface area contributed by atoms with Gasteiger partial charge in [-0.3, -0.25) is 9.69 Å². The second kappa shape index (κ2) is 7.96. The van der Waals surface area contributed by atoms with E-state index in [-0.39, 0.29) is 17.4 Å². The van der Waals surface area contributed by atoms with Crippen molar-refractivity contribution in [2.45, 2.75) is 11.8 Å². The second-order valence-electron chi connectivity index (χ2n) is 4.31. The number of rotatable bonds is 8. The molecule has 0 saturated heterocycles. The lowest BCUT2D eigenvalue weighted by molar-refractivity contribution is -0.141. The number of hydrogen-bond donors (Lipinski definition) is 1. The van der Waals surface area contributed by atoms with Crippen LogP contribution in [-0.4, -0.2) is 52.6 Å². The van der Waals surface area contributed by atoms with Crippen LogP contribution in [0.15, 0.2) is 29.2 Å². The highest BCUT2D eigenvalue weighted by Crippen LogP contribution is 2.14. The Balaban J connectivity index is 2.46. The summed E-state index contributed by atoms with van der Waals surface area (Å²) in [7, 11) is -2.34. The molecule has 0 bridgehead atoms. The summed E-state index contributed by atoms with van der Waals surface area (Å²) in [6, 6.07) is 5.85. The zero-order valence-corrected chi connectivity index (χ0v) is 12.9. The van der Waals surface area contributed by atoms with Crippen molar-refractivity contribution in [3.8, 4) is 5.75 Å². The van der Waals surface area contributed by atoms with E-state index in [4.69, 9.17) is 9.88 Å². The first-order chi connectivity index (χ1) is 9.86. The number of primary sulfonamides is 1. The van der Waals surface area contributed by atoms with Gasteiger partial charge >= 0.3 is 5.97 Å². The number of benzene rings is 1. The topological polar surface area (TPSA) is 98.9 Å². The minimum atomic E-state index is -3.69. The Morgan fingerprint density at radius 2 is 1.90 bits per heavy atom. The summed E-state index contributed by atoms with van der Waals surface area (Å²) in [6.45, 7) is 3.77. The first-order valence-corrected chi connectivity index (χ1v) is 7.96. The van der Waals surface area contributed by atoms with E-state index in [1.807, 2.05) is 11.8 Å². The van der Waals surface area contributed by atoms with Crippen molar-refractivity contribution in [2.75, 3.05) is 33.4 Å². The molecule has 1 aromatic rings. The van der Waals surface area contributed by atoms with Crippen LogP contribution in [-0.2, 0) is 19.6 Å². The van der Waals surface area contributed by atoms with Gasteiger partial charge < -0.3 is 9.47 Å². The summed E-state index contributed by atoms with van der Waals surface area (Å²) < 4.78 is 32.3. The van der Waals surface area contributed by atoms with Crippen LogP contribution in [0, 0.1) is 0 Å². The van der Waals surface area contributed by atoms with Gasteiger partial charge in [0.05, 0.1) is 18.6 Å². The standard InChI is InChI=1S/C13H20N2O5S/c1-3-15(10-13(16)19-2)8-9-20-11-4-6-12(7-5-11)21(14,17)18/h4-7H,3,8-10H2,1-2H3,(H2,14,17,18). The molecule has 0 aromatic heterocycles. The van der Waals surface area contributed by atoms with Crippen molar-refractivity contribution in [3.05, 3.63) is 24.3 Å². The number of nitrogens with two attached hydrogens (primary N) is 1. The fourth-order valence-corrected chi connectivity index (χ4v) is 2.13. The Morgan fingerprint density at radius 3 is 2.38 bits per heavy atom. The Labute approximate surface area is 124 Å². The van der Waals surface area contributed by atoms with Crippen LogP contribution in [0.5, 0.6) is 5.75 Å². The van der Waals surface area contributed by atoms with Gasteiger partial charge in [0.2, 0.25) is 10.0 Å². The average molecular weight is 316 g/mol. The van der Waals surface area contributed by atoms with Gasteiger partial charge in [0, 0.05) is 6.54 Å². The van der Waals surface area contributed by atoms with E-state index in [9.17, 15) is 13.2 Å². The van der Waals surface area contributed by atoms with E-state index < -0.39 is 10.0 Å². The van der Waals surface area contributed by atoms with Crippen molar-refractivity contribution < 1.29 is 22.7 Å². The van der Waals surface area contributed by atoms with Crippen LogP contribution < -0.4 is 9.88 Å². The van der Waals surface area contributed by atoms with Crippen molar-refractivity contribution >= 4 is 16.0 Å². The van der Waals surface area contributed by atoms with Crippen LogP contribution in [0.25, 0.3) is 0 Å². The highest BCUT2D eigenvalue weighted by atomic mass is 32.2. The molecule has 1 aromatic carbocycles. The van der Waals surface area contributed by atoms with E-state index in [1.165, 1.54) is 31.4 Å². The Hall–Kier alpha value is -1.64. The first kappa shape index (κ1) is 17.4. The normalized spacial score (nSPS) is 11.4. The highest BCUT2D eigenvalue weighted by Gasteiger charge is 2.10. The molecule has 0 aliphatic rings. The molecule has 0 spiro atoms. The summed E-state index contributed by atoms with van der Waals surface area (Å²) in [5.74, 6) is 0.242. The molecule has 0 aliphatic heterocycles. The van der Waals surface area contributed by atoms with Crippen LogP contribution in [0.3, 0.4) is 0 Å². The molecule has 0 radical (unpaired) electrons. The van der Waals surface area contributed by atoms with Crippen LogP contribution in [0.1, 0.15) is 6.92 Å². The molecule has 0 aliphatic carbocycles. The second-order valence-corrected chi connectivity index (χ2v) is 5.87. The van der Waals surface area contributed by atoms with Gasteiger partial charge in [-0.2, -0.15) is 0 Å². The molecule has 0 saturated carbocycles. The van der Waals surface area contributed by atoms with Gasteiger partial charge in [-0.05, 0) is 30.8 Å². The third-order valence-electron chi connectivity index (χ3n) is 2.86. The minimum Gasteiger partial charge on any atom is -0.492 e. The number of methoxy groups -OCH3 is 1. The molecule has 0 amide bonds. The van der Waals surface area contributed by atoms with E-state index in [0.29, 0.717) is 25.4 Å². The first-order valence-electron chi connectivity index (χ1n) is 6.41. The van der Waals surface area contributed by atoms with E-state index in [1.54, 1.807) is 0 Å². The lowest BCUT2D eigenvalue weighted by Gasteiger charge is -2.18. The molecule has 0 fully saturated rings. The molecule has 7 nitrogen and oxygen atoms in total. The third kappa shape index (κ3) is 6.11. The number of hydrogen-bond acceptors (Lipinski definition) is 6. The highest BCUT2D eigenvalue weighted by molar-refractivity contribution is 7.89. The summed E-state index contributed by atoms with van der Waals surface area (Å²) >= 11 is 0. The van der Waals surface area contributed by atoms with Crippen molar-refractivity contribution in [1.82, 2.24) is 4.90 Å². The summed E-state index contributed by atoms with van der Waals surface area (Å²) in [5, 5.41) is 5.01. The third-order valence-corrected chi connectivity index (χ3v) is 3.79. The minimum absolute atomic E-state index is 0.0377. The van der Waals surface area contributed by atoms with Gasteiger partial charge in [-0.1, -0.05) is 6.92 Å². The lowest BCUT2D eigenvalue weighted by Crippen LogP contribution is -2.33. The number of carbonyl (C=O) groups excluding carboxylic acids is 1. The van der Waals surface area contributed by atoms with Gasteiger partial charge in [-0.25, -0.2) is 13.6 Å². The quantitative estimate of drug-likeness (QED) is 0.688. The molecule has 21 heavy (non-hydrogen) atoms. The van der Waals surface area contributed by atoms with Gasteiger partial charge in [0.1, 0.15) is 12.4 Å². The maximum Gasteiger partial charge on any atom is 0.319 e. The van der Waals surface area contributed by atoms with Crippen molar-refractivity contribution in [2.24, 2.45) is 5.14 Å². The van der Waals surface area contributed by atoms with Gasteiger partial charge in [0.15, 0.2) is 0 Å². The fourth-order valence-electron chi connectivity index (χ4n) is 1.61. The zero-order chi connectivity index (χ0) is 15.9. The Morgan fingerprint density at radius 1 is 1.29 bits per heavy atom. The van der Waals surface area contributed by atoms with Gasteiger partial charge in [-0.15, -0.1) is 0 Å². The maximum absolute atomic E-state index is 11.2. The van der Waals surface area contributed by atoms with Crippen LogP contribution >= 0.6 is 0 Å². The molecular formula is C13H20N2O5S. The maximum atomic E-state index is 11.2. The number of ether oxygens (including phenoxy) is 2. The lowest BCUT2D eigenvalue weighted by atomic mass is 10.3. The molecule has 1 rings (SSSR count). The predicted octanol–water partition coefficient (Wildman–Crippen LogP) is 0.208. The van der Waals surface area contributed by atoms with Crippen LogP contribution in [0.4, 0.5) is 0 Å². The van der Waals surface area contributed by atoms with Crippen molar-refractivity contribution in [3.63, 3.8) is 0 Å². The summed E-state index contributed by atoms with van der Waals surface area (Å²) in [6.07, 6.45) is 0. The summed E-state index contributed by atoms with van der Waals surface area (Å²) in [5.41, 5.74) is 0. The molecule has 0 heterocycles. The number of sulfonamides is 1. The molecule has 0 unspecified atom stereocenters. The largest absolute Gasteiger partial charge is 0.492 e. The van der Waals surface area contributed by atoms with E-state index in [2.05, 4.69) is 4.74 Å². The Bertz CT molecular complexity index is 556. The molecule has 2 N–H and O–H groups in total. The summed E-state index contributed by atoms with van der Waals surface area (Å²) in [4.78, 5) is 13.1. The van der Waals surface area contributed by atoms with E-state index >= 15 is 0 Å². The van der Waals surface area contributed by atoms with E-state index in [0.717, 1.165) is 0 Å². The van der Waals surface area contributed by atoms with Crippen LogP contribution in [0.2, 0.25) is 0 Å². The number of likely N-dealkylation sites (N-methyl/N-ethyl adjacent to an activating group) is 1. The number of nitrogens with zero attached hydrogens (tertiary/aromatic N) is 1. The SMILES string of the molecule is CCN(CCOc1ccc(S(N)(=O)=O)cc1)CC(=O)OC. The average Bonchev–Trinajstić information content (AvgIpc) is 2.45. The van der Waals surface area contributed by atoms with Crippen molar-refractivity contribution in [1.29, 1.82) is 0 Å². The number of esters is 1. The van der Waals surface area contributed by atoms with Gasteiger partial charge in [0.25, 0.3) is 0 Å². The molecule has 8 heteroatoms. The fraction of sp³-hybridized carbons (Fsp3) is 0.462. The molecule has 118 valence electrons. The molecular weight excluding hydrogens is 296 g/mol. The smallest absolute Gasteiger partial charge is 0.319 e. The molecule has 0 atom stereocenters. The Kier molecular flexibility index (Phi) is 6.60. The monoisotopic (exact) mass is 316 g/mol. The zero-order valence-electron chi connectivity index (χ0n) is 12.1. The predicted molar refractivity (Wildman–Crippen MR) is 77.4 cm³/mol.